The molecule has 1 unspecified atom stereocenters. The maximum Gasteiger partial charge on any atom is 0.224 e. The second-order valence-corrected chi connectivity index (χ2v) is 4.42. The number of ether oxygens (including phenoxy) is 1. The van der Waals surface area contributed by atoms with Gasteiger partial charge in [-0.05, 0) is 31.4 Å². The molecule has 1 atom stereocenters. The van der Waals surface area contributed by atoms with Gasteiger partial charge in [-0.15, -0.1) is 0 Å². The fourth-order valence-electron chi connectivity index (χ4n) is 2.02. The molecule has 1 aliphatic rings. The first-order chi connectivity index (χ1) is 7.69. The van der Waals surface area contributed by atoms with E-state index in [0.29, 0.717) is 11.4 Å². The van der Waals surface area contributed by atoms with E-state index in [0.717, 1.165) is 37.4 Å². The van der Waals surface area contributed by atoms with Crippen LogP contribution in [0.1, 0.15) is 18.5 Å². The van der Waals surface area contributed by atoms with Crippen LogP contribution in [0, 0.1) is 6.92 Å². The topological polar surface area (TPSA) is 38.2 Å². The minimum absolute atomic E-state index is 0.294. The number of rotatable bonds is 2. The zero-order valence-electron chi connectivity index (χ0n) is 9.61. The van der Waals surface area contributed by atoms with Gasteiger partial charge in [-0.25, -0.2) is 9.97 Å². The third-order valence-electron chi connectivity index (χ3n) is 2.85. The van der Waals surface area contributed by atoms with Gasteiger partial charge in [0, 0.05) is 32.0 Å². The van der Waals surface area contributed by atoms with Crippen LogP contribution in [-0.2, 0) is 4.74 Å². The third-order valence-corrected chi connectivity index (χ3v) is 3.02. The Morgan fingerprint density at radius 3 is 3.00 bits per heavy atom. The molecule has 0 radical (unpaired) electrons. The molecular weight excluding hydrogens is 226 g/mol. The monoisotopic (exact) mass is 241 g/mol. The standard InChI is InChI=1S/C11H16ClN3O/c1-8-6-10(14-11(12)13-8)15-5-3-4-9(7-15)16-2/h6,9H,3-5,7H2,1-2H3. The molecule has 0 bridgehead atoms. The van der Waals surface area contributed by atoms with Crippen molar-refractivity contribution in [2.45, 2.75) is 25.9 Å². The Balaban J connectivity index is 2.16. The number of halogens is 1. The Labute approximate surface area is 101 Å². The quantitative estimate of drug-likeness (QED) is 0.743. The highest BCUT2D eigenvalue weighted by Crippen LogP contribution is 2.20. The van der Waals surface area contributed by atoms with Crippen LogP contribution in [0.2, 0.25) is 5.28 Å². The van der Waals surface area contributed by atoms with Crippen LogP contribution in [0.25, 0.3) is 0 Å². The van der Waals surface area contributed by atoms with Gasteiger partial charge in [-0.3, -0.25) is 0 Å². The molecule has 88 valence electrons. The molecular formula is C11H16ClN3O. The first kappa shape index (κ1) is 11.6. The first-order valence-corrected chi connectivity index (χ1v) is 5.86. The van der Waals surface area contributed by atoms with Crippen molar-refractivity contribution < 1.29 is 4.74 Å². The minimum Gasteiger partial charge on any atom is -0.380 e. The average Bonchev–Trinajstić information content (AvgIpc) is 2.28. The highest BCUT2D eigenvalue weighted by Gasteiger charge is 2.20. The van der Waals surface area contributed by atoms with Crippen LogP contribution in [-0.4, -0.2) is 36.3 Å². The second kappa shape index (κ2) is 4.97. The molecule has 1 fully saturated rings. The lowest BCUT2D eigenvalue weighted by atomic mass is 10.1. The van der Waals surface area contributed by atoms with Crippen molar-refractivity contribution in [2.75, 3.05) is 25.1 Å². The fourth-order valence-corrected chi connectivity index (χ4v) is 2.24. The van der Waals surface area contributed by atoms with Crippen molar-refractivity contribution in [1.29, 1.82) is 0 Å². The van der Waals surface area contributed by atoms with Gasteiger partial charge in [0.25, 0.3) is 0 Å². The molecule has 2 rings (SSSR count). The Kier molecular flexibility index (Phi) is 3.61. The van der Waals surface area contributed by atoms with Crippen molar-refractivity contribution in [3.8, 4) is 0 Å². The van der Waals surface area contributed by atoms with E-state index in [1.165, 1.54) is 0 Å². The van der Waals surface area contributed by atoms with E-state index >= 15 is 0 Å². The zero-order chi connectivity index (χ0) is 11.5. The van der Waals surface area contributed by atoms with E-state index in [1.54, 1.807) is 7.11 Å². The predicted molar refractivity (Wildman–Crippen MR) is 64.0 cm³/mol. The Hall–Kier alpha value is -0.870. The van der Waals surface area contributed by atoms with Crippen molar-refractivity contribution in [2.24, 2.45) is 0 Å². The van der Waals surface area contributed by atoms with Crippen LogP contribution >= 0.6 is 11.6 Å². The summed E-state index contributed by atoms with van der Waals surface area (Å²) in [6.45, 7) is 3.81. The van der Waals surface area contributed by atoms with Crippen LogP contribution in [0.5, 0.6) is 0 Å². The molecule has 5 heteroatoms. The number of piperidine rings is 1. The molecule has 0 N–H and O–H groups in total. The summed E-state index contributed by atoms with van der Waals surface area (Å²) in [6, 6.07) is 1.96. The highest BCUT2D eigenvalue weighted by atomic mass is 35.5. The van der Waals surface area contributed by atoms with Gasteiger partial charge >= 0.3 is 0 Å². The summed E-state index contributed by atoms with van der Waals surface area (Å²) in [5.41, 5.74) is 0.898. The van der Waals surface area contributed by atoms with Gasteiger partial charge < -0.3 is 9.64 Å². The van der Waals surface area contributed by atoms with Crippen LogP contribution in [0.3, 0.4) is 0 Å². The molecule has 0 aliphatic carbocycles. The molecule has 1 aromatic rings. The SMILES string of the molecule is COC1CCCN(c2cc(C)nc(Cl)n2)C1. The number of hydrogen-bond donors (Lipinski definition) is 0. The molecule has 4 nitrogen and oxygen atoms in total. The van der Waals surface area contributed by atoms with Gasteiger partial charge in [0.15, 0.2) is 0 Å². The molecule has 0 spiro atoms. The second-order valence-electron chi connectivity index (χ2n) is 4.08. The Bertz CT molecular complexity index is 352. The van der Waals surface area contributed by atoms with Gasteiger partial charge in [-0.2, -0.15) is 0 Å². The van der Waals surface area contributed by atoms with Crippen LogP contribution in [0.4, 0.5) is 5.82 Å². The third kappa shape index (κ3) is 2.62. The summed E-state index contributed by atoms with van der Waals surface area (Å²) in [4.78, 5) is 10.5. The zero-order valence-corrected chi connectivity index (χ0v) is 10.4. The normalized spacial score (nSPS) is 21.2. The summed E-state index contributed by atoms with van der Waals surface area (Å²) >= 11 is 5.86. The Morgan fingerprint density at radius 1 is 1.50 bits per heavy atom. The lowest BCUT2D eigenvalue weighted by Gasteiger charge is -2.32. The average molecular weight is 242 g/mol. The lowest BCUT2D eigenvalue weighted by Crippen LogP contribution is -2.39. The summed E-state index contributed by atoms with van der Waals surface area (Å²) < 4.78 is 5.39. The molecule has 1 aromatic heterocycles. The van der Waals surface area contributed by atoms with Gasteiger partial charge in [0.2, 0.25) is 5.28 Å². The van der Waals surface area contributed by atoms with Crippen molar-refractivity contribution in [3.05, 3.63) is 17.0 Å². The Morgan fingerprint density at radius 2 is 2.31 bits per heavy atom. The lowest BCUT2D eigenvalue weighted by molar-refractivity contribution is 0.0891. The molecule has 2 heterocycles. The van der Waals surface area contributed by atoms with Gasteiger partial charge in [-0.1, -0.05) is 0 Å². The summed E-state index contributed by atoms with van der Waals surface area (Å²) in [7, 11) is 1.76. The molecule has 0 saturated carbocycles. The van der Waals surface area contributed by atoms with E-state index in [4.69, 9.17) is 16.3 Å². The number of methoxy groups -OCH3 is 1. The van der Waals surface area contributed by atoms with E-state index in [9.17, 15) is 0 Å². The van der Waals surface area contributed by atoms with Gasteiger partial charge in [0.05, 0.1) is 6.10 Å². The molecule has 1 saturated heterocycles. The van der Waals surface area contributed by atoms with Crippen LogP contribution in [0.15, 0.2) is 6.07 Å². The number of nitrogens with zero attached hydrogens (tertiary/aromatic N) is 3. The fraction of sp³-hybridized carbons (Fsp3) is 0.636. The van der Waals surface area contributed by atoms with E-state index in [1.807, 2.05) is 13.0 Å². The molecule has 16 heavy (non-hydrogen) atoms. The first-order valence-electron chi connectivity index (χ1n) is 5.48. The number of anilines is 1. The number of aryl methyl sites for hydroxylation is 1. The molecule has 1 aliphatic heterocycles. The molecule has 0 amide bonds. The molecule has 0 aromatic carbocycles. The van der Waals surface area contributed by atoms with E-state index in [2.05, 4.69) is 14.9 Å². The maximum absolute atomic E-state index is 5.86. The maximum atomic E-state index is 5.86. The predicted octanol–water partition coefficient (Wildman–Crippen LogP) is 2.05. The van der Waals surface area contributed by atoms with Crippen LogP contribution < -0.4 is 4.90 Å². The summed E-state index contributed by atoms with van der Waals surface area (Å²) in [5.74, 6) is 0.902. The summed E-state index contributed by atoms with van der Waals surface area (Å²) in [5, 5.41) is 0.314. The van der Waals surface area contributed by atoms with E-state index in [-0.39, 0.29) is 0 Å². The van der Waals surface area contributed by atoms with Gasteiger partial charge in [0.1, 0.15) is 5.82 Å². The minimum atomic E-state index is 0.294. The van der Waals surface area contributed by atoms with Crippen molar-refractivity contribution in [3.63, 3.8) is 0 Å². The number of aromatic nitrogens is 2. The van der Waals surface area contributed by atoms with Crippen molar-refractivity contribution >= 4 is 17.4 Å². The number of hydrogen-bond acceptors (Lipinski definition) is 4. The smallest absolute Gasteiger partial charge is 0.224 e. The summed E-state index contributed by atoms with van der Waals surface area (Å²) in [6.07, 6.45) is 2.53. The van der Waals surface area contributed by atoms with Crippen molar-refractivity contribution in [1.82, 2.24) is 9.97 Å². The van der Waals surface area contributed by atoms with E-state index < -0.39 is 0 Å². The highest BCUT2D eigenvalue weighted by molar-refractivity contribution is 6.28. The largest absolute Gasteiger partial charge is 0.380 e.